The number of nitrogens with one attached hydrogen (secondary N) is 1. The van der Waals surface area contributed by atoms with Gasteiger partial charge in [-0.1, -0.05) is 6.07 Å². The number of halogens is 2. The van der Waals surface area contributed by atoms with Gasteiger partial charge in [0.25, 0.3) is 5.91 Å². The largest absolute Gasteiger partial charge is 0.351 e. The summed E-state index contributed by atoms with van der Waals surface area (Å²) >= 11 is 3.01. The third kappa shape index (κ3) is 3.07. The maximum atomic E-state index is 13.1. The number of carbonyl (C=O) groups excluding carboxylic acids is 1. The minimum absolute atomic E-state index is 0.170. The quantitative estimate of drug-likeness (QED) is 0.663. The van der Waals surface area contributed by atoms with Gasteiger partial charge in [-0.2, -0.15) is 0 Å². The molecule has 0 bridgehead atoms. The van der Waals surface area contributed by atoms with Crippen molar-refractivity contribution in [3.63, 3.8) is 0 Å². The highest BCUT2D eigenvalue weighted by atomic mass is 79.9. The van der Waals surface area contributed by atoms with Crippen molar-refractivity contribution in [3.05, 3.63) is 34.1 Å². The smallest absolute Gasteiger partial charge is 0.252 e. The van der Waals surface area contributed by atoms with Crippen LogP contribution >= 0.6 is 15.9 Å². The molecular formula is C11H9BrFNO. The summed E-state index contributed by atoms with van der Waals surface area (Å²) < 4.78 is 13.2. The van der Waals surface area contributed by atoms with Gasteiger partial charge in [0.2, 0.25) is 0 Å². The molecule has 0 aliphatic carbocycles. The van der Waals surface area contributed by atoms with Gasteiger partial charge in [-0.25, -0.2) is 4.39 Å². The molecule has 4 heteroatoms. The van der Waals surface area contributed by atoms with Gasteiger partial charge in [0.1, 0.15) is 5.82 Å². The first-order valence-electron chi connectivity index (χ1n) is 4.32. The molecule has 0 spiro atoms. The first kappa shape index (κ1) is 11.7. The third-order valence-electron chi connectivity index (χ3n) is 1.75. The van der Waals surface area contributed by atoms with Crippen molar-refractivity contribution in [2.24, 2.45) is 0 Å². The summed E-state index contributed by atoms with van der Waals surface area (Å²) in [6.07, 6.45) is 5.49. The van der Waals surface area contributed by atoms with Crippen LogP contribution in [0.5, 0.6) is 0 Å². The highest BCUT2D eigenvalue weighted by Gasteiger charge is 2.11. The fraction of sp³-hybridized carbons (Fsp3) is 0.182. The Bertz CT molecular complexity index is 412. The summed E-state index contributed by atoms with van der Waals surface area (Å²) in [5.41, 5.74) is 0.270. The zero-order valence-electron chi connectivity index (χ0n) is 7.89. The molecule has 0 fully saturated rings. The number of benzene rings is 1. The standard InChI is InChI=1S/C11H9BrFNO/c1-2-3-7-14-11(15)8-5-4-6-9(13)10(8)12/h1,4-6H,3,7H2,(H,14,15). The molecule has 1 aromatic carbocycles. The van der Waals surface area contributed by atoms with E-state index in [1.165, 1.54) is 12.1 Å². The molecule has 2 nitrogen and oxygen atoms in total. The fourth-order valence-electron chi connectivity index (χ4n) is 1.02. The maximum Gasteiger partial charge on any atom is 0.252 e. The summed E-state index contributed by atoms with van der Waals surface area (Å²) in [6, 6.07) is 4.30. The molecule has 0 heterocycles. The summed E-state index contributed by atoms with van der Waals surface area (Å²) in [5, 5.41) is 2.59. The van der Waals surface area contributed by atoms with E-state index in [4.69, 9.17) is 6.42 Å². The normalized spacial score (nSPS) is 9.40. The van der Waals surface area contributed by atoms with E-state index in [1.807, 2.05) is 0 Å². The van der Waals surface area contributed by atoms with Crippen LogP contribution in [0.3, 0.4) is 0 Å². The van der Waals surface area contributed by atoms with E-state index in [1.54, 1.807) is 6.07 Å². The first-order valence-corrected chi connectivity index (χ1v) is 5.11. The number of hydrogen-bond donors (Lipinski definition) is 1. The zero-order valence-corrected chi connectivity index (χ0v) is 9.47. The second-order valence-electron chi connectivity index (χ2n) is 2.81. The predicted octanol–water partition coefficient (Wildman–Crippen LogP) is 2.34. The molecule has 78 valence electrons. The Balaban J connectivity index is 2.75. The molecule has 1 rings (SSSR count). The lowest BCUT2D eigenvalue weighted by Crippen LogP contribution is -2.24. The Hall–Kier alpha value is -1.34. The summed E-state index contributed by atoms with van der Waals surface area (Å²) in [7, 11) is 0. The Morgan fingerprint density at radius 2 is 2.33 bits per heavy atom. The van der Waals surface area contributed by atoms with E-state index < -0.39 is 5.82 Å². The summed E-state index contributed by atoms with van der Waals surface area (Å²) in [4.78, 5) is 11.5. The molecule has 1 N–H and O–H groups in total. The van der Waals surface area contributed by atoms with E-state index in [2.05, 4.69) is 27.2 Å². The van der Waals surface area contributed by atoms with Crippen LogP contribution in [0.1, 0.15) is 16.8 Å². The lowest BCUT2D eigenvalue weighted by molar-refractivity contribution is 0.0953. The van der Waals surface area contributed by atoms with Crippen molar-refractivity contribution in [1.82, 2.24) is 5.32 Å². The molecule has 0 aromatic heterocycles. The van der Waals surface area contributed by atoms with Crippen LogP contribution in [0.25, 0.3) is 0 Å². The van der Waals surface area contributed by atoms with Crippen molar-refractivity contribution in [2.75, 3.05) is 6.54 Å². The average Bonchev–Trinajstić information content (AvgIpc) is 2.22. The highest BCUT2D eigenvalue weighted by molar-refractivity contribution is 9.10. The lowest BCUT2D eigenvalue weighted by atomic mass is 10.2. The topological polar surface area (TPSA) is 29.1 Å². The van der Waals surface area contributed by atoms with Gasteiger partial charge in [-0.3, -0.25) is 4.79 Å². The van der Waals surface area contributed by atoms with Crippen LogP contribution in [0.15, 0.2) is 22.7 Å². The molecule has 0 saturated heterocycles. The van der Waals surface area contributed by atoms with Gasteiger partial charge in [0.15, 0.2) is 0 Å². The molecule has 0 atom stereocenters. The minimum atomic E-state index is -0.459. The number of amides is 1. The number of rotatable bonds is 3. The number of carbonyl (C=O) groups is 1. The molecule has 1 amide bonds. The van der Waals surface area contributed by atoms with Crippen LogP contribution in [0.2, 0.25) is 0 Å². The monoisotopic (exact) mass is 269 g/mol. The molecular weight excluding hydrogens is 261 g/mol. The molecule has 1 aromatic rings. The molecule has 15 heavy (non-hydrogen) atoms. The van der Waals surface area contributed by atoms with E-state index in [0.29, 0.717) is 13.0 Å². The van der Waals surface area contributed by atoms with Gasteiger partial charge in [-0.15, -0.1) is 12.3 Å². The van der Waals surface area contributed by atoms with Crippen molar-refractivity contribution in [1.29, 1.82) is 0 Å². The van der Waals surface area contributed by atoms with Crippen LogP contribution in [-0.2, 0) is 0 Å². The Labute approximate surface area is 96.0 Å². The number of terminal acetylenes is 1. The second-order valence-corrected chi connectivity index (χ2v) is 3.60. The molecule has 0 aliphatic heterocycles. The van der Waals surface area contributed by atoms with E-state index in [9.17, 15) is 9.18 Å². The minimum Gasteiger partial charge on any atom is -0.351 e. The summed E-state index contributed by atoms with van der Waals surface area (Å²) in [6.45, 7) is 0.387. The van der Waals surface area contributed by atoms with Gasteiger partial charge in [0, 0.05) is 13.0 Å². The second kappa shape index (κ2) is 5.52. The molecule has 0 radical (unpaired) electrons. The van der Waals surface area contributed by atoms with Gasteiger partial charge >= 0.3 is 0 Å². The third-order valence-corrected chi connectivity index (χ3v) is 2.56. The predicted molar refractivity (Wildman–Crippen MR) is 59.9 cm³/mol. The molecule has 0 saturated carbocycles. The van der Waals surface area contributed by atoms with Gasteiger partial charge < -0.3 is 5.32 Å². The van der Waals surface area contributed by atoms with E-state index in [0.717, 1.165) is 0 Å². The van der Waals surface area contributed by atoms with Gasteiger partial charge in [0.05, 0.1) is 10.0 Å². The highest BCUT2D eigenvalue weighted by Crippen LogP contribution is 2.19. The van der Waals surface area contributed by atoms with Gasteiger partial charge in [-0.05, 0) is 28.1 Å². The Morgan fingerprint density at radius 3 is 3.00 bits per heavy atom. The van der Waals surface area contributed by atoms with E-state index >= 15 is 0 Å². The van der Waals surface area contributed by atoms with Crippen molar-refractivity contribution >= 4 is 21.8 Å². The lowest BCUT2D eigenvalue weighted by Gasteiger charge is -2.05. The van der Waals surface area contributed by atoms with Crippen LogP contribution in [0.4, 0.5) is 4.39 Å². The van der Waals surface area contributed by atoms with Crippen molar-refractivity contribution in [3.8, 4) is 12.3 Å². The van der Waals surface area contributed by atoms with Crippen LogP contribution < -0.4 is 5.32 Å². The van der Waals surface area contributed by atoms with Crippen LogP contribution in [0, 0.1) is 18.2 Å². The SMILES string of the molecule is C#CCCNC(=O)c1cccc(F)c1Br. The summed E-state index contributed by atoms with van der Waals surface area (Å²) in [5.74, 6) is 1.60. The van der Waals surface area contributed by atoms with Crippen molar-refractivity contribution < 1.29 is 9.18 Å². The Morgan fingerprint density at radius 1 is 1.60 bits per heavy atom. The molecule has 0 aliphatic rings. The Kier molecular flexibility index (Phi) is 4.32. The molecule has 0 unspecified atom stereocenters. The maximum absolute atomic E-state index is 13.1. The van der Waals surface area contributed by atoms with E-state index in [-0.39, 0.29) is 15.9 Å². The fourth-order valence-corrected chi connectivity index (χ4v) is 1.47. The first-order chi connectivity index (χ1) is 7.16. The van der Waals surface area contributed by atoms with Crippen molar-refractivity contribution in [2.45, 2.75) is 6.42 Å². The van der Waals surface area contributed by atoms with Crippen LogP contribution in [-0.4, -0.2) is 12.5 Å². The zero-order chi connectivity index (χ0) is 11.3. The number of hydrogen-bond acceptors (Lipinski definition) is 1. The average molecular weight is 270 g/mol.